The lowest BCUT2D eigenvalue weighted by Crippen LogP contribution is -2.48. The molecule has 0 bridgehead atoms. The van der Waals surface area contributed by atoms with Crippen LogP contribution in [0.2, 0.25) is 0 Å². The first kappa shape index (κ1) is 13.8. The van der Waals surface area contributed by atoms with Gasteiger partial charge in [-0.2, -0.15) is 0 Å². The zero-order valence-electron chi connectivity index (χ0n) is 10.2. The Labute approximate surface area is 102 Å². The van der Waals surface area contributed by atoms with Crippen molar-refractivity contribution in [2.24, 2.45) is 11.7 Å². The summed E-state index contributed by atoms with van der Waals surface area (Å²) in [6, 6.07) is 0. The molecule has 4 nitrogen and oxygen atoms in total. The van der Waals surface area contributed by atoms with Crippen molar-refractivity contribution in [3.05, 3.63) is 0 Å². The van der Waals surface area contributed by atoms with Crippen LogP contribution in [0.5, 0.6) is 0 Å². The second-order valence-corrected chi connectivity index (χ2v) is 5.77. The molecule has 1 amide bonds. The zero-order valence-corrected chi connectivity index (χ0v) is 11.1. The molecular weight excluding hydrogens is 222 g/mol. The van der Waals surface area contributed by atoms with Crippen molar-refractivity contribution >= 4 is 17.7 Å². The van der Waals surface area contributed by atoms with Crippen LogP contribution in [0.15, 0.2) is 0 Å². The molecule has 3 N–H and O–H groups in total. The molecule has 0 saturated carbocycles. The lowest BCUT2D eigenvalue weighted by Gasteiger charge is -2.29. The summed E-state index contributed by atoms with van der Waals surface area (Å²) >= 11 is 1.72. The van der Waals surface area contributed by atoms with Gasteiger partial charge in [0.05, 0.1) is 5.25 Å². The number of thioether (sulfide) groups is 1. The van der Waals surface area contributed by atoms with E-state index in [9.17, 15) is 4.79 Å². The van der Waals surface area contributed by atoms with E-state index in [0.717, 1.165) is 31.9 Å². The summed E-state index contributed by atoms with van der Waals surface area (Å²) < 4.78 is 0. The van der Waals surface area contributed by atoms with Gasteiger partial charge in [-0.05, 0) is 25.1 Å². The number of hydrogen-bond donors (Lipinski definition) is 2. The first-order chi connectivity index (χ1) is 7.65. The monoisotopic (exact) mass is 245 g/mol. The molecule has 5 heteroatoms. The number of carbonyl (C=O) groups is 1. The van der Waals surface area contributed by atoms with Crippen molar-refractivity contribution in [2.45, 2.75) is 19.1 Å². The highest BCUT2D eigenvalue weighted by Gasteiger charge is 2.22. The van der Waals surface area contributed by atoms with Crippen LogP contribution in [0, 0.1) is 5.92 Å². The Morgan fingerprint density at radius 3 is 2.62 bits per heavy atom. The van der Waals surface area contributed by atoms with Crippen molar-refractivity contribution < 1.29 is 4.79 Å². The molecule has 0 aromatic heterocycles. The SMILES string of the molecule is CC(CN)CSC(C)C(=O)N1CCNCC1. The summed E-state index contributed by atoms with van der Waals surface area (Å²) in [5.74, 6) is 1.73. The van der Waals surface area contributed by atoms with Crippen molar-refractivity contribution in [1.82, 2.24) is 10.2 Å². The maximum absolute atomic E-state index is 12.0. The van der Waals surface area contributed by atoms with Crippen LogP contribution in [0.4, 0.5) is 0 Å². The Bertz CT molecular complexity index is 219. The van der Waals surface area contributed by atoms with Gasteiger partial charge in [0.1, 0.15) is 0 Å². The number of hydrogen-bond acceptors (Lipinski definition) is 4. The largest absolute Gasteiger partial charge is 0.339 e. The molecule has 0 aromatic rings. The molecule has 1 aliphatic heterocycles. The standard InChI is InChI=1S/C11H23N3OS/c1-9(7-12)8-16-10(2)11(15)14-5-3-13-4-6-14/h9-10,13H,3-8,12H2,1-2H3. The van der Waals surface area contributed by atoms with Gasteiger partial charge in [-0.1, -0.05) is 6.92 Å². The van der Waals surface area contributed by atoms with E-state index in [4.69, 9.17) is 5.73 Å². The summed E-state index contributed by atoms with van der Waals surface area (Å²) in [6.45, 7) is 8.34. The van der Waals surface area contributed by atoms with Gasteiger partial charge in [-0.3, -0.25) is 4.79 Å². The summed E-state index contributed by atoms with van der Waals surface area (Å²) in [7, 11) is 0. The van der Waals surface area contributed by atoms with Crippen molar-refractivity contribution in [3.63, 3.8) is 0 Å². The Morgan fingerprint density at radius 1 is 1.44 bits per heavy atom. The average Bonchev–Trinajstić information content (AvgIpc) is 2.35. The van der Waals surface area contributed by atoms with Gasteiger partial charge in [0, 0.05) is 26.2 Å². The highest BCUT2D eigenvalue weighted by molar-refractivity contribution is 8.00. The third-order valence-electron chi connectivity index (χ3n) is 2.81. The molecule has 16 heavy (non-hydrogen) atoms. The van der Waals surface area contributed by atoms with Crippen LogP contribution in [0.1, 0.15) is 13.8 Å². The summed E-state index contributed by atoms with van der Waals surface area (Å²) in [4.78, 5) is 14.0. The maximum atomic E-state index is 12.0. The minimum Gasteiger partial charge on any atom is -0.339 e. The lowest BCUT2D eigenvalue weighted by atomic mass is 10.2. The quantitative estimate of drug-likeness (QED) is 0.723. The van der Waals surface area contributed by atoms with E-state index in [2.05, 4.69) is 12.2 Å². The molecule has 2 atom stereocenters. The van der Waals surface area contributed by atoms with E-state index in [0.29, 0.717) is 12.5 Å². The predicted molar refractivity (Wildman–Crippen MR) is 69.6 cm³/mol. The minimum absolute atomic E-state index is 0.0621. The number of amides is 1. The number of piperazine rings is 1. The van der Waals surface area contributed by atoms with E-state index < -0.39 is 0 Å². The summed E-state index contributed by atoms with van der Waals surface area (Å²) in [5, 5.41) is 3.31. The van der Waals surface area contributed by atoms with Crippen molar-refractivity contribution in [2.75, 3.05) is 38.5 Å². The second kappa shape index (κ2) is 7.14. The Balaban J connectivity index is 2.29. The van der Waals surface area contributed by atoms with E-state index in [1.54, 1.807) is 11.8 Å². The number of rotatable bonds is 5. The fraction of sp³-hybridized carbons (Fsp3) is 0.909. The molecule has 0 spiro atoms. The van der Waals surface area contributed by atoms with E-state index in [-0.39, 0.29) is 11.2 Å². The molecule has 1 rings (SSSR count). The number of nitrogens with two attached hydrogens (primary N) is 1. The molecule has 1 heterocycles. The van der Waals surface area contributed by atoms with Crippen LogP contribution in [0.3, 0.4) is 0 Å². The fourth-order valence-corrected chi connectivity index (χ4v) is 2.64. The molecular formula is C11H23N3OS. The molecule has 1 saturated heterocycles. The Morgan fingerprint density at radius 2 is 2.06 bits per heavy atom. The third kappa shape index (κ3) is 4.31. The van der Waals surface area contributed by atoms with Gasteiger partial charge in [0.2, 0.25) is 5.91 Å². The normalized spacial score (nSPS) is 20.6. The average molecular weight is 245 g/mol. The van der Waals surface area contributed by atoms with Crippen LogP contribution in [-0.2, 0) is 4.79 Å². The van der Waals surface area contributed by atoms with E-state index >= 15 is 0 Å². The fourth-order valence-electron chi connectivity index (χ4n) is 1.59. The van der Waals surface area contributed by atoms with Crippen LogP contribution < -0.4 is 11.1 Å². The van der Waals surface area contributed by atoms with Crippen LogP contribution in [0.25, 0.3) is 0 Å². The van der Waals surface area contributed by atoms with Gasteiger partial charge >= 0.3 is 0 Å². The smallest absolute Gasteiger partial charge is 0.235 e. The van der Waals surface area contributed by atoms with Crippen LogP contribution in [-0.4, -0.2) is 54.5 Å². The molecule has 94 valence electrons. The molecule has 0 radical (unpaired) electrons. The van der Waals surface area contributed by atoms with Crippen molar-refractivity contribution in [1.29, 1.82) is 0 Å². The van der Waals surface area contributed by atoms with Gasteiger partial charge < -0.3 is 16.0 Å². The van der Waals surface area contributed by atoms with Gasteiger partial charge in [0.25, 0.3) is 0 Å². The zero-order chi connectivity index (χ0) is 12.0. The molecule has 2 unspecified atom stereocenters. The first-order valence-corrected chi connectivity index (χ1v) is 7.01. The third-order valence-corrected chi connectivity index (χ3v) is 4.27. The molecule has 0 aliphatic carbocycles. The molecule has 0 aromatic carbocycles. The topological polar surface area (TPSA) is 58.4 Å². The molecule has 1 aliphatic rings. The molecule has 1 fully saturated rings. The number of carbonyl (C=O) groups excluding carboxylic acids is 1. The van der Waals surface area contributed by atoms with E-state index in [1.807, 2.05) is 11.8 Å². The van der Waals surface area contributed by atoms with Gasteiger partial charge in [0.15, 0.2) is 0 Å². The van der Waals surface area contributed by atoms with Gasteiger partial charge in [-0.15, -0.1) is 11.8 Å². The van der Waals surface area contributed by atoms with Gasteiger partial charge in [-0.25, -0.2) is 0 Å². The van der Waals surface area contributed by atoms with Crippen LogP contribution >= 0.6 is 11.8 Å². The highest BCUT2D eigenvalue weighted by atomic mass is 32.2. The second-order valence-electron chi connectivity index (χ2n) is 4.39. The Hall–Kier alpha value is -0.260. The lowest BCUT2D eigenvalue weighted by molar-refractivity contribution is -0.130. The summed E-state index contributed by atoms with van der Waals surface area (Å²) in [5.41, 5.74) is 5.56. The summed E-state index contributed by atoms with van der Waals surface area (Å²) in [6.07, 6.45) is 0. The maximum Gasteiger partial charge on any atom is 0.235 e. The Kier molecular flexibility index (Phi) is 6.16. The number of nitrogens with zero attached hydrogens (tertiary/aromatic N) is 1. The highest BCUT2D eigenvalue weighted by Crippen LogP contribution is 2.16. The predicted octanol–water partition coefficient (Wildman–Crippen LogP) is 0.135. The van der Waals surface area contributed by atoms with Crippen molar-refractivity contribution in [3.8, 4) is 0 Å². The van der Waals surface area contributed by atoms with E-state index in [1.165, 1.54) is 0 Å². The number of nitrogens with one attached hydrogen (secondary N) is 1. The first-order valence-electron chi connectivity index (χ1n) is 5.96. The minimum atomic E-state index is 0.0621.